The molecule has 0 aromatic heterocycles. The first-order valence-electron chi connectivity index (χ1n) is 3.02. The first kappa shape index (κ1) is 8.88. The summed E-state index contributed by atoms with van der Waals surface area (Å²) in [6.07, 6.45) is -1.13. The van der Waals surface area contributed by atoms with Crippen molar-refractivity contribution in [2.24, 2.45) is 0 Å². The lowest BCUT2D eigenvalue weighted by atomic mass is 10.5. The molecule has 0 amide bonds. The molecule has 0 bridgehead atoms. The van der Waals surface area contributed by atoms with Crippen LogP contribution in [0.2, 0.25) is 0 Å². The van der Waals surface area contributed by atoms with Gasteiger partial charge in [-0.2, -0.15) is 12.7 Å². The van der Waals surface area contributed by atoms with Crippen LogP contribution < -0.4 is 0 Å². The molecule has 1 aliphatic rings. The molecule has 0 aliphatic carbocycles. The van der Waals surface area contributed by atoms with Gasteiger partial charge in [0.15, 0.2) is 6.29 Å². The van der Waals surface area contributed by atoms with Crippen molar-refractivity contribution >= 4 is 10.3 Å². The maximum atomic E-state index is 10.4. The van der Waals surface area contributed by atoms with E-state index in [9.17, 15) is 8.42 Å². The van der Waals surface area contributed by atoms with Crippen molar-refractivity contribution in [2.45, 2.75) is 6.29 Å². The molecule has 0 radical (unpaired) electrons. The third kappa shape index (κ3) is 2.38. The Balaban J connectivity index is 2.60. The molecule has 0 saturated carbocycles. The highest BCUT2D eigenvalue weighted by molar-refractivity contribution is 7.83. The predicted octanol–water partition coefficient (Wildman–Crippen LogP) is -1.56. The van der Waals surface area contributed by atoms with Crippen molar-refractivity contribution < 1.29 is 22.8 Å². The normalized spacial score (nSPS) is 28.7. The van der Waals surface area contributed by atoms with Gasteiger partial charge in [0.2, 0.25) is 0 Å². The first-order chi connectivity index (χ1) is 5.00. The molecule has 0 spiro atoms. The summed E-state index contributed by atoms with van der Waals surface area (Å²) in [6, 6.07) is 0. The largest absolute Gasteiger partial charge is 0.367 e. The van der Waals surface area contributed by atoms with Crippen molar-refractivity contribution in [1.29, 1.82) is 0 Å². The third-order valence-corrected chi connectivity index (χ3v) is 2.32. The zero-order valence-electron chi connectivity index (χ0n) is 5.67. The van der Waals surface area contributed by atoms with E-state index >= 15 is 0 Å². The minimum Gasteiger partial charge on any atom is -0.367 e. The van der Waals surface area contributed by atoms with E-state index in [-0.39, 0.29) is 19.7 Å². The summed E-state index contributed by atoms with van der Waals surface area (Å²) >= 11 is 0. The molecule has 1 fully saturated rings. The van der Waals surface area contributed by atoms with Crippen molar-refractivity contribution in [2.75, 3.05) is 19.7 Å². The van der Waals surface area contributed by atoms with E-state index in [0.717, 1.165) is 4.31 Å². The number of rotatable bonds is 1. The fourth-order valence-corrected chi connectivity index (χ4v) is 1.44. The molecule has 11 heavy (non-hydrogen) atoms. The summed E-state index contributed by atoms with van der Waals surface area (Å²) in [5, 5.41) is 8.80. The van der Waals surface area contributed by atoms with Gasteiger partial charge < -0.3 is 9.84 Å². The van der Waals surface area contributed by atoms with Crippen molar-refractivity contribution in [3.63, 3.8) is 0 Å². The second-order valence-corrected chi connectivity index (χ2v) is 3.57. The van der Waals surface area contributed by atoms with Crippen molar-refractivity contribution in [3.05, 3.63) is 0 Å². The van der Waals surface area contributed by atoms with Crippen LogP contribution in [0.1, 0.15) is 0 Å². The topological polar surface area (TPSA) is 87.1 Å². The lowest BCUT2D eigenvalue weighted by Gasteiger charge is -2.26. The quantitative estimate of drug-likeness (QED) is 0.480. The number of morpholine rings is 1. The molecule has 1 atom stereocenters. The van der Waals surface area contributed by atoms with E-state index in [2.05, 4.69) is 4.74 Å². The minimum absolute atomic E-state index is 0.0793. The monoisotopic (exact) mass is 183 g/mol. The molecule has 1 saturated heterocycles. The summed E-state index contributed by atoms with van der Waals surface area (Å²) in [5.41, 5.74) is 0. The molecular weight excluding hydrogens is 174 g/mol. The van der Waals surface area contributed by atoms with Gasteiger partial charge >= 0.3 is 10.3 Å². The van der Waals surface area contributed by atoms with Crippen LogP contribution >= 0.6 is 0 Å². The van der Waals surface area contributed by atoms with Gasteiger partial charge in [0.25, 0.3) is 0 Å². The Kier molecular flexibility index (Phi) is 2.45. The summed E-state index contributed by atoms with van der Waals surface area (Å²) in [6.45, 7) is -0.0321. The molecule has 6 nitrogen and oxygen atoms in total. The molecule has 1 unspecified atom stereocenters. The maximum absolute atomic E-state index is 10.4. The summed E-state index contributed by atoms with van der Waals surface area (Å²) < 4.78 is 34.8. The first-order valence-corrected chi connectivity index (χ1v) is 4.42. The van der Waals surface area contributed by atoms with Gasteiger partial charge in [0, 0.05) is 6.54 Å². The molecule has 1 rings (SSSR count). The molecule has 66 valence electrons. The zero-order valence-corrected chi connectivity index (χ0v) is 6.49. The Hall–Kier alpha value is -0.210. The van der Waals surface area contributed by atoms with E-state index in [1.165, 1.54) is 0 Å². The minimum atomic E-state index is -4.17. The van der Waals surface area contributed by atoms with Gasteiger partial charge in [-0.1, -0.05) is 0 Å². The fraction of sp³-hybridized carbons (Fsp3) is 1.00. The Bertz CT molecular complexity index is 225. The summed E-state index contributed by atoms with van der Waals surface area (Å²) in [5.74, 6) is 0. The van der Waals surface area contributed by atoms with Crippen LogP contribution in [0.15, 0.2) is 0 Å². The third-order valence-electron chi connectivity index (χ3n) is 1.34. The van der Waals surface area contributed by atoms with Crippen molar-refractivity contribution in [1.82, 2.24) is 4.31 Å². The Morgan fingerprint density at radius 2 is 2.18 bits per heavy atom. The molecule has 0 aromatic rings. The lowest BCUT2D eigenvalue weighted by Crippen LogP contribution is -2.45. The summed E-state index contributed by atoms with van der Waals surface area (Å²) in [4.78, 5) is 0. The smallest absolute Gasteiger partial charge is 0.336 e. The van der Waals surface area contributed by atoms with E-state index in [0.29, 0.717) is 0 Å². The lowest BCUT2D eigenvalue weighted by molar-refractivity contribution is -0.131. The van der Waals surface area contributed by atoms with Gasteiger partial charge in [0.05, 0.1) is 13.2 Å². The summed E-state index contributed by atoms with van der Waals surface area (Å²) in [7, 11) is -4.17. The number of ether oxygens (including phenoxy) is 1. The van der Waals surface area contributed by atoms with E-state index in [1.807, 2.05) is 0 Å². The van der Waals surface area contributed by atoms with Crippen LogP contribution in [-0.4, -0.2) is 48.4 Å². The zero-order chi connectivity index (χ0) is 8.48. The number of hydrogen-bond donors (Lipinski definition) is 2. The SMILES string of the molecule is O=S(=O)(O)N1CCOC(O)C1. The Morgan fingerprint density at radius 3 is 2.55 bits per heavy atom. The molecule has 1 aliphatic heterocycles. The molecular formula is C4H9NO5S. The Labute approximate surface area is 64.3 Å². The second-order valence-electron chi connectivity index (χ2n) is 2.16. The van der Waals surface area contributed by atoms with E-state index in [1.54, 1.807) is 0 Å². The van der Waals surface area contributed by atoms with Gasteiger partial charge in [0.1, 0.15) is 0 Å². The standard InChI is InChI=1S/C4H9NO5S/c6-4-3-5(1-2-10-4)11(7,8)9/h4,6H,1-3H2,(H,7,8,9). The van der Waals surface area contributed by atoms with Crippen LogP contribution in [-0.2, 0) is 15.0 Å². The molecule has 0 aromatic carbocycles. The molecule has 2 N–H and O–H groups in total. The number of hydrogen-bond acceptors (Lipinski definition) is 4. The van der Waals surface area contributed by atoms with Crippen LogP contribution in [0.4, 0.5) is 0 Å². The molecule has 1 heterocycles. The van der Waals surface area contributed by atoms with Crippen LogP contribution in [0.25, 0.3) is 0 Å². The average molecular weight is 183 g/mol. The van der Waals surface area contributed by atoms with E-state index in [4.69, 9.17) is 9.66 Å². The van der Waals surface area contributed by atoms with E-state index < -0.39 is 16.6 Å². The second kappa shape index (κ2) is 3.03. The highest BCUT2D eigenvalue weighted by atomic mass is 32.2. The fourth-order valence-electron chi connectivity index (χ4n) is 0.818. The number of aliphatic hydroxyl groups is 1. The van der Waals surface area contributed by atoms with Crippen LogP contribution in [0, 0.1) is 0 Å². The number of aliphatic hydroxyl groups excluding tert-OH is 1. The molecule has 7 heteroatoms. The maximum Gasteiger partial charge on any atom is 0.336 e. The van der Waals surface area contributed by atoms with Gasteiger partial charge in [-0.25, -0.2) is 0 Å². The highest BCUT2D eigenvalue weighted by Crippen LogP contribution is 2.05. The van der Waals surface area contributed by atoms with Crippen LogP contribution in [0.3, 0.4) is 0 Å². The van der Waals surface area contributed by atoms with Crippen molar-refractivity contribution in [3.8, 4) is 0 Å². The van der Waals surface area contributed by atoms with Crippen LogP contribution in [0.5, 0.6) is 0 Å². The van der Waals surface area contributed by atoms with Gasteiger partial charge in [-0.05, 0) is 0 Å². The highest BCUT2D eigenvalue weighted by Gasteiger charge is 2.26. The average Bonchev–Trinajstić information content (AvgIpc) is 1.86. The van der Waals surface area contributed by atoms with Gasteiger partial charge in [-0.3, -0.25) is 4.55 Å². The van der Waals surface area contributed by atoms with Gasteiger partial charge in [-0.15, -0.1) is 0 Å². The predicted molar refractivity (Wildman–Crippen MR) is 35.1 cm³/mol. The number of β-amino-alcohol motifs (C(OH)–C–C–N with tert-alkyl or cyclic N) is 1. The Morgan fingerprint density at radius 1 is 1.55 bits per heavy atom. The number of nitrogens with zero attached hydrogens (tertiary/aromatic N) is 1.